The van der Waals surface area contributed by atoms with Crippen molar-refractivity contribution in [2.24, 2.45) is 11.7 Å². The maximum Gasteiger partial charge on any atom is 0.387 e. The summed E-state index contributed by atoms with van der Waals surface area (Å²) >= 11 is 0. The predicted octanol–water partition coefficient (Wildman–Crippen LogP) is 1.42. The van der Waals surface area contributed by atoms with E-state index in [1.54, 1.807) is 17.0 Å². The van der Waals surface area contributed by atoms with E-state index in [1.807, 2.05) is 0 Å². The Hall–Kier alpha value is -2.38. The first kappa shape index (κ1) is 17.0. The molecule has 0 spiro atoms. The van der Waals surface area contributed by atoms with Gasteiger partial charge in [-0.15, -0.1) is 0 Å². The van der Waals surface area contributed by atoms with Gasteiger partial charge in [0.15, 0.2) is 0 Å². The number of likely N-dealkylation sites (tertiary alicyclic amines) is 1. The molecule has 1 saturated heterocycles. The van der Waals surface area contributed by atoms with Gasteiger partial charge >= 0.3 is 6.61 Å². The van der Waals surface area contributed by atoms with Crippen molar-refractivity contribution in [1.29, 1.82) is 0 Å². The summed E-state index contributed by atoms with van der Waals surface area (Å²) in [6.07, 6.45) is 1.17. The molecule has 1 aliphatic heterocycles. The van der Waals surface area contributed by atoms with Crippen LogP contribution in [0.1, 0.15) is 12.8 Å². The third-order valence-corrected chi connectivity index (χ3v) is 3.77. The minimum Gasteiger partial charge on any atom is -0.435 e. The van der Waals surface area contributed by atoms with Crippen LogP contribution >= 0.6 is 0 Å². The van der Waals surface area contributed by atoms with Crippen LogP contribution in [-0.4, -0.2) is 43.0 Å². The fraction of sp³-hybridized carbons (Fsp3) is 0.467. The highest BCUT2D eigenvalue weighted by atomic mass is 19.3. The fourth-order valence-corrected chi connectivity index (χ4v) is 2.46. The van der Waals surface area contributed by atoms with Crippen LogP contribution in [0.5, 0.6) is 5.75 Å². The van der Waals surface area contributed by atoms with Gasteiger partial charge in [-0.25, -0.2) is 0 Å². The maximum atomic E-state index is 12.1. The number of anilines is 1. The van der Waals surface area contributed by atoms with E-state index in [4.69, 9.17) is 5.73 Å². The lowest BCUT2D eigenvalue weighted by Crippen LogP contribution is -2.43. The predicted molar refractivity (Wildman–Crippen MR) is 80.1 cm³/mol. The normalized spacial score (nSPS) is 15.5. The number of hydrogen-bond acceptors (Lipinski definition) is 4. The number of ether oxygens (including phenoxy) is 1. The van der Waals surface area contributed by atoms with E-state index in [-0.39, 0.29) is 30.0 Å². The second kappa shape index (κ2) is 7.75. The summed E-state index contributed by atoms with van der Waals surface area (Å²) in [5, 5.41) is 2.93. The molecule has 1 aromatic carbocycles. The van der Waals surface area contributed by atoms with Crippen LogP contribution in [0, 0.1) is 5.92 Å². The zero-order valence-corrected chi connectivity index (χ0v) is 12.5. The van der Waals surface area contributed by atoms with Gasteiger partial charge in [0.2, 0.25) is 11.8 Å². The molecule has 3 N–H and O–H groups in total. The molecule has 0 bridgehead atoms. The molecule has 2 amide bonds. The zero-order valence-electron chi connectivity index (χ0n) is 12.5. The number of halogens is 2. The number of rotatable bonds is 6. The molecule has 23 heavy (non-hydrogen) atoms. The van der Waals surface area contributed by atoms with Crippen LogP contribution in [0.4, 0.5) is 14.5 Å². The Bertz CT molecular complexity index is 543. The minimum absolute atomic E-state index is 0.0606. The van der Waals surface area contributed by atoms with E-state index in [0.717, 1.165) is 0 Å². The molecule has 8 heteroatoms. The molecule has 0 aromatic heterocycles. The van der Waals surface area contributed by atoms with Crippen LogP contribution in [0.15, 0.2) is 24.3 Å². The highest BCUT2D eigenvalue weighted by Crippen LogP contribution is 2.19. The third-order valence-electron chi connectivity index (χ3n) is 3.77. The SMILES string of the molecule is NC(=O)C1CCN(C(=O)CNc2ccc(OC(F)F)cc2)CC1. The number of primary amides is 1. The minimum atomic E-state index is -2.86. The summed E-state index contributed by atoms with van der Waals surface area (Å²) in [6, 6.07) is 5.92. The molecular formula is C15H19F2N3O3. The number of carbonyl (C=O) groups is 2. The van der Waals surface area contributed by atoms with Gasteiger partial charge in [0.05, 0.1) is 6.54 Å². The number of amides is 2. The number of nitrogens with two attached hydrogens (primary N) is 1. The Balaban J connectivity index is 1.77. The van der Waals surface area contributed by atoms with Crippen LogP contribution in [0.25, 0.3) is 0 Å². The molecular weight excluding hydrogens is 308 g/mol. The zero-order chi connectivity index (χ0) is 16.8. The van der Waals surface area contributed by atoms with Crippen molar-refractivity contribution >= 4 is 17.5 Å². The van der Waals surface area contributed by atoms with Crippen molar-refractivity contribution in [3.05, 3.63) is 24.3 Å². The third kappa shape index (κ3) is 5.08. The summed E-state index contributed by atoms with van der Waals surface area (Å²) < 4.78 is 28.3. The molecule has 1 aromatic rings. The van der Waals surface area contributed by atoms with E-state index in [0.29, 0.717) is 31.6 Å². The van der Waals surface area contributed by atoms with Crippen molar-refractivity contribution < 1.29 is 23.1 Å². The number of alkyl halides is 2. The first-order valence-corrected chi connectivity index (χ1v) is 7.31. The van der Waals surface area contributed by atoms with Gasteiger partial charge in [0.1, 0.15) is 5.75 Å². The van der Waals surface area contributed by atoms with Crippen molar-refractivity contribution in [3.8, 4) is 5.75 Å². The van der Waals surface area contributed by atoms with E-state index >= 15 is 0 Å². The first-order chi connectivity index (χ1) is 11.0. The first-order valence-electron chi connectivity index (χ1n) is 7.31. The summed E-state index contributed by atoms with van der Waals surface area (Å²) in [6.45, 7) is -1.75. The standard InChI is InChI=1S/C15H19F2N3O3/c16-15(17)23-12-3-1-11(2-4-12)19-9-13(21)20-7-5-10(6-8-20)14(18)22/h1-4,10,15,19H,5-9H2,(H2,18,22). The fourth-order valence-electron chi connectivity index (χ4n) is 2.46. The topological polar surface area (TPSA) is 84.7 Å². The molecule has 1 fully saturated rings. The van der Waals surface area contributed by atoms with E-state index in [1.165, 1.54) is 12.1 Å². The Morgan fingerprint density at radius 2 is 1.87 bits per heavy atom. The quantitative estimate of drug-likeness (QED) is 0.828. The largest absolute Gasteiger partial charge is 0.435 e. The molecule has 0 unspecified atom stereocenters. The van der Waals surface area contributed by atoms with Gasteiger partial charge in [-0.2, -0.15) is 8.78 Å². The van der Waals surface area contributed by atoms with Crippen LogP contribution in [0.2, 0.25) is 0 Å². The molecule has 0 atom stereocenters. The molecule has 0 aliphatic carbocycles. The molecule has 2 rings (SSSR count). The van der Waals surface area contributed by atoms with Crippen LogP contribution in [0.3, 0.4) is 0 Å². The number of nitrogens with one attached hydrogen (secondary N) is 1. The molecule has 6 nitrogen and oxygen atoms in total. The Morgan fingerprint density at radius 3 is 2.39 bits per heavy atom. The lowest BCUT2D eigenvalue weighted by Gasteiger charge is -2.30. The molecule has 1 aliphatic rings. The Labute approximate surface area is 132 Å². The van der Waals surface area contributed by atoms with Crippen molar-refractivity contribution in [1.82, 2.24) is 4.90 Å². The Kier molecular flexibility index (Phi) is 5.72. The second-order valence-electron chi connectivity index (χ2n) is 5.31. The lowest BCUT2D eigenvalue weighted by molar-refractivity contribution is -0.133. The molecule has 1 heterocycles. The summed E-state index contributed by atoms with van der Waals surface area (Å²) in [5.41, 5.74) is 5.89. The van der Waals surface area contributed by atoms with Crippen molar-refractivity contribution in [3.63, 3.8) is 0 Å². The molecule has 126 valence electrons. The highest BCUT2D eigenvalue weighted by molar-refractivity contribution is 5.81. The Morgan fingerprint density at radius 1 is 1.26 bits per heavy atom. The smallest absolute Gasteiger partial charge is 0.387 e. The van der Waals surface area contributed by atoms with Gasteiger partial charge in [-0.1, -0.05) is 0 Å². The molecule has 0 saturated carbocycles. The lowest BCUT2D eigenvalue weighted by atomic mass is 9.96. The van der Waals surface area contributed by atoms with E-state index < -0.39 is 6.61 Å². The van der Waals surface area contributed by atoms with Gasteiger partial charge in [-0.05, 0) is 37.1 Å². The van der Waals surface area contributed by atoms with Gasteiger partial charge in [-0.3, -0.25) is 9.59 Å². The monoisotopic (exact) mass is 327 g/mol. The van der Waals surface area contributed by atoms with Gasteiger partial charge < -0.3 is 20.7 Å². The number of nitrogens with zero attached hydrogens (tertiary/aromatic N) is 1. The van der Waals surface area contributed by atoms with Crippen LogP contribution < -0.4 is 15.8 Å². The summed E-state index contributed by atoms with van der Waals surface area (Å²) in [4.78, 5) is 24.9. The van der Waals surface area contributed by atoms with Crippen LogP contribution in [-0.2, 0) is 9.59 Å². The average molecular weight is 327 g/mol. The molecule has 0 radical (unpaired) electrons. The average Bonchev–Trinajstić information content (AvgIpc) is 2.53. The second-order valence-corrected chi connectivity index (χ2v) is 5.31. The maximum absolute atomic E-state index is 12.1. The summed E-state index contributed by atoms with van der Waals surface area (Å²) in [7, 11) is 0. The van der Waals surface area contributed by atoms with E-state index in [2.05, 4.69) is 10.1 Å². The van der Waals surface area contributed by atoms with Crippen molar-refractivity contribution in [2.75, 3.05) is 25.0 Å². The highest BCUT2D eigenvalue weighted by Gasteiger charge is 2.25. The number of benzene rings is 1. The summed E-state index contributed by atoms with van der Waals surface area (Å²) in [5.74, 6) is -0.498. The number of piperidine rings is 1. The number of hydrogen-bond donors (Lipinski definition) is 2. The number of carbonyl (C=O) groups excluding carboxylic acids is 2. The van der Waals surface area contributed by atoms with Gasteiger partial charge in [0.25, 0.3) is 0 Å². The van der Waals surface area contributed by atoms with E-state index in [9.17, 15) is 18.4 Å². The van der Waals surface area contributed by atoms with Crippen molar-refractivity contribution in [2.45, 2.75) is 19.5 Å². The van der Waals surface area contributed by atoms with Gasteiger partial charge in [0, 0.05) is 24.7 Å².